The van der Waals surface area contributed by atoms with Gasteiger partial charge < -0.3 is 5.32 Å². The van der Waals surface area contributed by atoms with Gasteiger partial charge in [-0.05, 0) is 58.8 Å². The summed E-state index contributed by atoms with van der Waals surface area (Å²) in [5.41, 5.74) is 3.00. The lowest BCUT2D eigenvalue weighted by atomic mass is 10.1. The third-order valence-corrected chi connectivity index (χ3v) is 3.34. The first-order valence-electron chi connectivity index (χ1n) is 5.75. The van der Waals surface area contributed by atoms with Gasteiger partial charge in [-0.3, -0.25) is 4.79 Å². The number of benzene rings is 2. The van der Waals surface area contributed by atoms with Crippen LogP contribution in [0.1, 0.15) is 11.1 Å². The molecule has 0 aromatic heterocycles. The van der Waals surface area contributed by atoms with E-state index in [1.54, 1.807) is 0 Å². The quantitative estimate of drug-likeness (QED) is 0.838. The molecule has 1 N–H and O–H groups in total. The molecule has 18 heavy (non-hydrogen) atoms. The molecule has 0 saturated carbocycles. The Hall–Kier alpha value is -1.36. The van der Waals surface area contributed by atoms with Gasteiger partial charge in [-0.2, -0.15) is 0 Å². The zero-order valence-electron chi connectivity index (χ0n) is 10.1. The number of carbonyl (C=O) groups excluding carboxylic acids is 1. The van der Waals surface area contributed by atoms with Crippen molar-refractivity contribution in [1.82, 2.24) is 0 Å². The summed E-state index contributed by atoms with van der Waals surface area (Å²) in [5.74, 6) is 0.0190. The van der Waals surface area contributed by atoms with E-state index in [0.29, 0.717) is 6.42 Å². The third-order valence-electron chi connectivity index (χ3n) is 2.67. The lowest BCUT2D eigenvalue weighted by Gasteiger charge is -2.08. The van der Waals surface area contributed by atoms with Crippen molar-refractivity contribution in [2.45, 2.75) is 13.3 Å². The number of rotatable bonds is 3. The van der Waals surface area contributed by atoms with Gasteiger partial charge in [0.2, 0.25) is 5.91 Å². The Morgan fingerprint density at radius 3 is 2.56 bits per heavy atom. The molecule has 0 aliphatic rings. The maximum Gasteiger partial charge on any atom is 0.228 e. The third kappa shape index (κ3) is 3.57. The van der Waals surface area contributed by atoms with Crippen LogP contribution in [0, 0.1) is 10.5 Å². The minimum absolute atomic E-state index is 0.0190. The fourth-order valence-corrected chi connectivity index (χ4v) is 2.39. The van der Waals surface area contributed by atoms with Crippen LogP contribution in [0.15, 0.2) is 48.5 Å². The Bertz CT molecular complexity index is 552. The molecule has 92 valence electrons. The van der Waals surface area contributed by atoms with Gasteiger partial charge >= 0.3 is 0 Å². The Morgan fingerprint density at radius 1 is 1.17 bits per heavy atom. The summed E-state index contributed by atoms with van der Waals surface area (Å²) in [6.07, 6.45) is 0.409. The van der Waals surface area contributed by atoms with Crippen LogP contribution in [0.25, 0.3) is 0 Å². The predicted molar refractivity (Wildman–Crippen MR) is 82.7 cm³/mol. The minimum atomic E-state index is 0.0190. The number of carbonyl (C=O) groups is 1. The highest BCUT2D eigenvalue weighted by atomic mass is 127. The number of hydrogen-bond donors (Lipinski definition) is 1. The fraction of sp³-hybridized carbons (Fsp3) is 0.133. The molecule has 0 bridgehead atoms. The topological polar surface area (TPSA) is 29.1 Å². The van der Waals surface area contributed by atoms with Crippen molar-refractivity contribution >= 4 is 34.2 Å². The van der Waals surface area contributed by atoms with E-state index in [-0.39, 0.29) is 5.91 Å². The van der Waals surface area contributed by atoms with E-state index in [1.165, 1.54) is 3.57 Å². The van der Waals surface area contributed by atoms with Crippen LogP contribution in [0.3, 0.4) is 0 Å². The molecule has 0 aliphatic carbocycles. The van der Waals surface area contributed by atoms with Gasteiger partial charge in [0.25, 0.3) is 0 Å². The standard InChI is InChI=1S/C15H14INO/c1-11-9-13(16)7-8-14(11)17-15(18)10-12-5-3-2-4-6-12/h2-9H,10H2,1H3,(H,17,18). The number of halogens is 1. The first-order valence-corrected chi connectivity index (χ1v) is 6.83. The van der Waals surface area contributed by atoms with Crippen molar-refractivity contribution in [2.24, 2.45) is 0 Å². The van der Waals surface area contributed by atoms with Crippen molar-refractivity contribution in [2.75, 3.05) is 5.32 Å². The number of amides is 1. The average Bonchev–Trinajstić information content (AvgIpc) is 2.34. The predicted octanol–water partition coefficient (Wildman–Crippen LogP) is 3.78. The van der Waals surface area contributed by atoms with Crippen molar-refractivity contribution in [3.8, 4) is 0 Å². The molecule has 0 fully saturated rings. The van der Waals surface area contributed by atoms with Crippen LogP contribution in [-0.2, 0) is 11.2 Å². The molecule has 0 saturated heterocycles. The largest absolute Gasteiger partial charge is 0.326 e. The zero-order valence-corrected chi connectivity index (χ0v) is 12.3. The number of nitrogens with one attached hydrogen (secondary N) is 1. The fourth-order valence-electron chi connectivity index (χ4n) is 1.74. The molecule has 0 atom stereocenters. The van der Waals surface area contributed by atoms with Gasteiger partial charge in [0.05, 0.1) is 6.42 Å². The van der Waals surface area contributed by atoms with Gasteiger partial charge in [0.15, 0.2) is 0 Å². The van der Waals surface area contributed by atoms with Gasteiger partial charge in [0, 0.05) is 9.26 Å². The highest BCUT2D eigenvalue weighted by Gasteiger charge is 2.05. The molecule has 0 aliphatic heterocycles. The second-order valence-corrected chi connectivity index (χ2v) is 5.42. The highest BCUT2D eigenvalue weighted by molar-refractivity contribution is 14.1. The van der Waals surface area contributed by atoms with E-state index in [9.17, 15) is 4.79 Å². The smallest absolute Gasteiger partial charge is 0.228 e. The minimum Gasteiger partial charge on any atom is -0.326 e. The molecule has 2 rings (SSSR count). The molecule has 0 radical (unpaired) electrons. The summed E-state index contributed by atoms with van der Waals surface area (Å²) in [6, 6.07) is 15.7. The number of hydrogen-bond acceptors (Lipinski definition) is 1. The lowest BCUT2D eigenvalue weighted by Crippen LogP contribution is -2.15. The molecule has 0 spiro atoms. The first kappa shape index (κ1) is 13.1. The molecule has 2 aromatic carbocycles. The van der Waals surface area contributed by atoms with Crippen LogP contribution < -0.4 is 5.32 Å². The Kier molecular flexibility index (Phi) is 4.36. The van der Waals surface area contributed by atoms with Crippen LogP contribution in [0.2, 0.25) is 0 Å². The average molecular weight is 351 g/mol. The summed E-state index contributed by atoms with van der Waals surface area (Å²) in [5, 5.41) is 2.94. The van der Waals surface area contributed by atoms with E-state index < -0.39 is 0 Å². The maximum absolute atomic E-state index is 11.9. The molecular formula is C15H14INO. The molecule has 0 heterocycles. The van der Waals surface area contributed by atoms with Crippen molar-refractivity contribution in [3.63, 3.8) is 0 Å². The van der Waals surface area contributed by atoms with E-state index >= 15 is 0 Å². The van der Waals surface area contributed by atoms with Gasteiger partial charge in [-0.15, -0.1) is 0 Å². The SMILES string of the molecule is Cc1cc(I)ccc1NC(=O)Cc1ccccc1. The van der Waals surface area contributed by atoms with Crippen molar-refractivity contribution < 1.29 is 4.79 Å². The second kappa shape index (κ2) is 6.00. The Balaban J connectivity index is 2.03. The summed E-state index contributed by atoms with van der Waals surface area (Å²) in [4.78, 5) is 11.9. The first-order chi connectivity index (χ1) is 8.65. The van der Waals surface area contributed by atoms with E-state index in [0.717, 1.165) is 16.8 Å². The number of anilines is 1. The van der Waals surface area contributed by atoms with Gasteiger partial charge in [-0.25, -0.2) is 0 Å². The van der Waals surface area contributed by atoms with Crippen LogP contribution >= 0.6 is 22.6 Å². The molecule has 1 amide bonds. The zero-order chi connectivity index (χ0) is 13.0. The Labute approximate surface area is 121 Å². The summed E-state index contributed by atoms with van der Waals surface area (Å²) >= 11 is 2.26. The summed E-state index contributed by atoms with van der Waals surface area (Å²) in [7, 11) is 0. The van der Waals surface area contributed by atoms with Crippen LogP contribution in [0.5, 0.6) is 0 Å². The molecule has 2 nitrogen and oxygen atoms in total. The number of aryl methyl sites for hydroxylation is 1. The highest BCUT2D eigenvalue weighted by Crippen LogP contribution is 2.17. The van der Waals surface area contributed by atoms with E-state index in [2.05, 4.69) is 34.0 Å². The Morgan fingerprint density at radius 2 is 1.89 bits per heavy atom. The summed E-state index contributed by atoms with van der Waals surface area (Å²) in [6.45, 7) is 2.00. The normalized spacial score (nSPS) is 10.1. The van der Waals surface area contributed by atoms with Gasteiger partial charge in [-0.1, -0.05) is 30.3 Å². The summed E-state index contributed by atoms with van der Waals surface area (Å²) < 4.78 is 1.17. The van der Waals surface area contributed by atoms with Crippen LogP contribution in [0.4, 0.5) is 5.69 Å². The molecular weight excluding hydrogens is 337 g/mol. The van der Waals surface area contributed by atoms with Gasteiger partial charge in [0.1, 0.15) is 0 Å². The molecule has 2 aromatic rings. The monoisotopic (exact) mass is 351 g/mol. The van der Waals surface area contributed by atoms with Crippen molar-refractivity contribution in [1.29, 1.82) is 0 Å². The van der Waals surface area contributed by atoms with E-state index in [4.69, 9.17) is 0 Å². The maximum atomic E-state index is 11.9. The lowest BCUT2D eigenvalue weighted by molar-refractivity contribution is -0.115. The van der Waals surface area contributed by atoms with Crippen molar-refractivity contribution in [3.05, 3.63) is 63.2 Å². The van der Waals surface area contributed by atoms with Crippen LogP contribution in [-0.4, -0.2) is 5.91 Å². The second-order valence-electron chi connectivity index (χ2n) is 4.17. The molecule has 3 heteroatoms. The van der Waals surface area contributed by atoms with E-state index in [1.807, 2.05) is 49.4 Å². The molecule has 0 unspecified atom stereocenters.